The molecular formula is C24H33N5O7. The number of aromatic nitrogens is 1. The van der Waals surface area contributed by atoms with Crippen molar-refractivity contribution in [3.63, 3.8) is 0 Å². The fraction of sp³-hybridized carbons (Fsp3) is 0.458. The molecule has 0 aliphatic rings. The number of aliphatic carboxylic acids is 2. The van der Waals surface area contributed by atoms with Gasteiger partial charge in [-0.05, 0) is 24.5 Å². The van der Waals surface area contributed by atoms with Gasteiger partial charge < -0.3 is 36.9 Å². The van der Waals surface area contributed by atoms with Crippen LogP contribution in [0.5, 0.6) is 0 Å². The Morgan fingerprint density at radius 2 is 1.56 bits per heavy atom. The zero-order valence-electron chi connectivity index (χ0n) is 20.4. The highest BCUT2D eigenvalue weighted by molar-refractivity contribution is 5.96. The molecule has 0 saturated carbocycles. The first-order valence-corrected chi connectivity index (χ1v) is 11.6. The van der Waals surface area contributed by atoms with Crippen molar-refractivity contribution in [3.8, 4) is 0 Å². The third-order valence-corrected chi connectivity index (χ3v) is 5.93. The number of aromatic amines is 1. The Bertz CT molecular complexity index is 1110. The van der Waals surface area contributed by atoms with Crippen LogP contribution < -0.4 is 21.7 Å². The summed E-state index contributed by atoms with van der Waals surface area (Å²) in [5.41, 5.74) is 7.16. The molecular weight excluding hydrogens is 470 g/mol. The molecule has 1 heterocycles. The Kier molecular flexibility index (Phi) is 9.97. The number of rotatable bonds is 13. The Hall–Kier alpha value is -3.93. The van der Waals surface area contributed by atoms with Crippen LogP contribution in [-0.4, -0.2) is 69.0 Å². The van der Waals surface area contributed by atoms with Gasteiger partial charge in [-0.25, -0.2) is 4.79 Å². The molecule has 36 heavy (non-hydrogen) atoms. The van der Waals surface area contributed by atoms with Gasteiger partial charge in [0.1, 0.15) is 18.1 Å². The number of carboxylic acid groups (broad SMARTS) is 2. The zero-order chi connectivity index (χ0) is 27.0. The summed E-state index contributed by atoms with van der Waals surface area (Å²) in [6, 6.07) is 2.39. The molecule has 0 spiro atoms. The molecule has 196 valence electrons. The lowest BCUT2D eigenvalue weighted by molar-refractivity contribution is -0.144. The lowest BCUT2D eigenvalue weighted by atomic mass is 9.98. The summed E-state index contributed by atoms with van der Waals surface area (Å²) in [4.78, 5) is 64.4. The second-order valence-electron chi connectivity index (χ2n) is 8.78. The van der Waals surface area contributed by atoms with E-state index in [0.717, 1.165) is 10.9 Å². The summed E-state index contributed by atoms with van der Waals surface area (Å²) in [5, 5.41) is 26.8. The second kappa shape index (κ2) is 12.7. The average molecular weight is 504 g/mol. The number of fused-ring (bicyclic) bond motifs is 1. The Morgan fingerprint density at radius 3 is 2.14 bits per heavy atom. The van der Waals surface area contributed by atoms with E-state index in [1.54, 1.807) is 20.0 Å². The number of nitrogens with one attached hydrogen (secondary N) is 4. The van der Waals surface area contributed by atoms with Crippen molar-refractivity contribution in [3.05, 3.63) is 36.0 Å². The van der Waals surface area contributed by atoms with Gasteiger partial charge in [0.15, 0.2) is 0 Å². The van der Waals surface area contributed by atoms with Crippen molar-refractivity contribution in [2.75, 3.05) is 0 Å². The molecule has 0 bridgehead atoms. The molecule has 0 aliphatic carbocycles. The van der Waals surface area contributed by atoms with Crippen LogP contribution in [0.15, 0.2) is 30.5 Å². The van der Waals surface area contributed by atoms with E-state index in [1.165, 1.54) is 6.92 Å². The van der Waals surface area contributed by atoms with E-state index in [4.69, 9.17) is 5.73 Å². The van der Waals surface area contributed by atoms with Gasteiger partial charge in [0, 0.05) is 23.5 Å². The van der Waals surface area contributed by atoms with Crippen LogP contribution in [0.1, 0.15) is 39.2 Å². The van der Waals surface area contributed by atoms with E-state index >= 15 is 0 Å². The average Bonchev–Trinajstić information content (AvgIpc) is 3.23. The van der Waals surface area contributed by atoms with Crippen LogP contribution in [0.3, 0.4) is 0 Å². The largest absolute Gasteiger partial charge is 0.481 e. The second-order valence-corrected chi connectivity index (χ2v) is 8.78. The number of amides is 3. The lowest BCUT2D eigenvalue weighted by Gasteiger charge is -2.25. The van der Waals surface area contributed by atoms with Gasteiger partial charge in [0.2, 0.25) is 17.7 Å². The molecule has 0 fully saturated rings. The van der Waals surface area contributed by atoms with Crippen LogP contribution in [0, 0.1) is 5.92 Å². The Morgan fingerprint density at radius 1 is 0.944 bits per heavy atom. The van der Waals surface area contributed by atoms with E-state index in [1.807, 2.05) is 24.3 Å². The number of nitrogens with two attached hydrogens (primary N) is 1. The molecule has 5 unspecified atom stereocenters. The fourth-order valence-corrected chi connectivity index (χ4v) is 3.63. The van der Waals surface area contributed by atoms with Gasteiger partial charge in [0.25, 0.3) is 0 Å². The summed E-state index contributed by atoms with van der Waals surface area (Å²) in [7, 11) is 0. The first-order chi connectivity index (χ1) is 16.9. The van der Waals surface area contributed by atoms with Crippen molar-refractivity contribution in [2.24, 2.45) is 11.7 Å². The van der Waals surface area contributed by atoms with E-state index in [9.17, 15) is 34.2 Å². The van der Waals surface area contributed by atoms with Gasteiger partial charge >= 0.3 is 11.9 Å². The van der Waals surface area contributed by atoms with Crippen LogP contribution in [0.4, 0.5) is 0 Å². The SMILES string of the molecule is CCC(C)C(NC(=O)C(CC(=O)O)NC(=O)C(Cc1c[nH]c2ccccc12)NC(=O)C(C)N)C(=O)O. The minimum absolute atomic E-state index is 0.0281. The van der Waals surface area contributed by atoms with Crippen molar-refractivity contribution >= 4 is 40.6 Å². The maximum Gasteiger partial charge on any atom is 0.326 e. The molecule has 1 aromatic carbocycles. The molecule has 0 aliphatic heterocycles. The monoisotopic (exact) mass is 503 g/mol. The fourth-order valence-electron chi connectivity index (χ4n) is 3.63. The number of carbonyl (C=O) groups is 5. The summed E-state index contributed by atoms with van der Waals surface area (Å²) >= 11 is 0. The first-order valence-electron chi connectivity index (χ1n) is 11.6. The number of H-pyrrole nitrogens is 1. The number of para-hydroxylation sites is 1. The zero-order valence-corrected chi connectivity index (χ0v) is 20.4. The third kappa shape index (κ3) is 7.54. The van der Waals surface area contributed by atoms with Gasteiger partial charge in [0.05, 0.1) is 12.5 Å². The maximum absolute atomic E-state index is 13.2. The quantitative estimate of drug-likeness (QED) is 0.199. The molecule has 3 amide bonds. The molecule has 8 N–H and O–H groups in total. The lowest BCUT2D eigenvalue weighted by Crippen LogP contribution is -2.58. The standard InChI is InChI=1S/C24H33N5O7/c1-4-12(2)20(24(35)36)29-23(34)18(10-19(30)31)28-22(33)17(27-21(32)13(3)25)9-14-11-26-16-8-6-5-7-15(14)16/h5-8,11-13,17-18,20,26H,4,9-10,25H2,1-3H3,(H,27,32)(H,28,33)(H,29,34)(H,30,31)(H,35,36). The predicted octanol–water partition coefficient (Wildman–Crippen LogP) is 0.117. The normalized spacial score (nSPS) is 15.2. The molecule has 0 radical (unpaired) electrons. The van der Waals surface area contributed by atoms with E-state index in [0.29, 0.717) is 12.0 Å². The van der Waals surface area contributed by atoms with E-state index in [-0.39, 0.29) is 6.42 Å². The summed E-state index contributed by atoms with van der Waals surface area (Å²) < 4.78 is 0. The van der Waals surface area contributed by atoms with Crippen molar-refractivity contribution in [1.29, 1.82) is 0 Å². The molecule has 2 rings (SSSR count). The molecule has 12 heteroatoms. The van der Waals surface area contributed by atoms with Crippen molar-refractivity contribution in [1.82, 2.24) is 20.9 Å². The van der Waals surface area contributed by atoms with Gasteiger partial charge in [-0.1, -0.05) is 38.5 Å². The predicted molar refractivity (Wildman–Crippen MR) is 131 cm³/mol. The summed E-state index contributed by atoms with van der Waals surface area (Å²) in [6.07, 6.45) is 1.38. The molecule has 0 saturated heterocycles. The van der Waals surface area contributed by atoms with Crippen LogP contribution in [0.2, 0.25) is 0 Å². The topological polar surface area (TPSA) is 204 Å². The van der Waals surface area contributed by atoms with Gasteiger partial charge in [-0.15, -0.1) is 0 Å². The molecule has 2 aromatic rings. The molecule has 5 atom stereocenters. The van der Waals surface area contributed by atoms with Gasteiger partial charge in [-0.3, -0.25) is 19.2 Å². The molecule has 1 aromatic heterocycles. The minimum Gasteiger partial charge on any atom is -0.481 e. The Balaban J connectivity index is 2.29. The van der Waals surface area contributed by atoms with Crippen LogP contribution >= 0.6 is 0 Å². The van der Waals surface area contributed by atoms with Crippen LogP contribution in [-0.2, 0) is 30.4 Å². The van der Waals surface area contributed by atoms with Gasteiger partial charge in [-0.2, -0.15) is 0 Å². The number of hydrogen-bond donors (Lipinski definition) is 7. The number of benzene rings is 1. The number of carboxylic acids is 2. The smallest absolute Gasteiger partial charge is 0.326 e. The van der Waals surface area contributed by atoms with E-state index < -0.39 is 66.2 Å². The van der Waals surface area contributed by atoms with Crippen molar-refractivity contribution in [2.45, 2.75) is 64.2 Å². The van der Waals surface area contributed by atoms with Crippen LogP contribution in [0.25, 0.3) is 10.9 Å². The van der Waals surface area contributed by atoms with Crippen molar-refractivity contribution < 1.29 is 34.2 Å². The highest BCUT2D eigenvalue weighted by Crippen LogP contribution is 2.19. The Labute approximate surface area is 208 Å². The highest BCUT2D eigenvalue weighted by atomic mass is 16.4. The first kappa shape index (κ1) is 28.3. The highest BCUT2D eigenvalue weighted by Gasteiger charge is 2.33. The molecule has 12 nitrogen and oxygen atoms in total. The minimum atomic E-state index is -1.57. The summed E-state index contributed by atoms with van der Waals surface area (Å²) in [6.45, 7) is 4.82. The third-order valence-electron chi connectivity index (χ3n) is 5.93. The summed E-state index contributed by atoms with van der Waals surface area (Å²) in [5.74, 6) is -5.48. The maximum atomic E-state index is 13.2. The van der Waals surface area contributed by atoms with E-state index in [2.05, 4.69) is 20.9 Å². The number of hydrogen-bond acceptors (Lipinski definition) is 6. The number of carbonyl (C=O) groups excluding carboxylic acids is 3.